The highest BCUT2D eigenvalue weighted by atomic mass is 33.0. The average Bonchev–Trinajstić information content (AvgIpc) is 2.76. The Morgan fingerprint density at radius 3 is 0.607 bits per heavy atom. The van der Waals surface area contributed by atoms with Gasteiger partial charge in [0.15, 0.2) is 0 Å². The molecular formula is C24H44P4. The summed E-state index contributed by atoms with van der Waals surface area (Å²) in [4.78, 5) is 0. The van der Waals surface area contributed by atoms with E-state index in [1.165, 1.54) is 22.6 Å². The molecule has 1 aliphatic heterocycles. The number of rotatable bonds is 4. The first-order valence-electron chi connectivity index (χ1n) is 13.1. The largest absolute Gasteiger partial charge is 0.0533 e. The van der Waals surface area contributed by atoms with Crippen LogP contribution in [0, 0.1) is 0 Å². The monoisotopic (exact) mass is 456 g/mol. The van der Waals surface area contributed by atoms with Crippen molar-refractivity contribution in [1.29, 1.82) is 0 Å². The topological polar surface area (TPSA) is 0 Å². The molecule has 0 aromatic heterocycles. The van der Waals surface area contributed by atoms with Crippen LogP contribution in [0.15, 0.2) is 0 Å². The van der Waals surface area contributed by atoms with Crippen LogP contribution in [-0.4, -0.2) is 22.6 Å². The lowest BCUT2D eigenvalue weighted by Crippen LogP contribution is -2.25. The van der Waals surface area contributed by atoms with Crippen LogP contribution >= 0.6 is 29.2 Å². The normalized spacial score (nSPS) is 40.3. The second kappa shape index (κ2) is 10.6. The molecule has 0 radical (unpaired) electrons. The van der Waals surface area contributed by atoms with Crippen LogP contribution in [0.4, 0.5) is 0 Å². The molecule has 0 spiro atoms. The fourth-order valence-corrected chi connectivity index (χ4v) is 58.1. The molecule has 4 aliphatic carbocycles. The second-order valence-corrected chi connectivity index (χ2v) is 30.1. The Labute approximate surface area is 180 Å². The van der Waals surface area contributed by atoms with E-state index in [0.29, 0.717) is 29.2 Å². The summed E-state index contributed by atoms with van der Waals surface area (Å²) in [5.41, 5.74) is 5.08. The lowest BCUT2D eigenvalue weighted by Gasteiger charge is -2.64. The van der Waals surface area contributed by atoms with Gasteiger partial charge in [0.1, 0.15) is 0 Å². The summed E-state index contributed by atoms with van der Waals surface area (Å²) in [5, 5.41) is 0. The van der Waals surface area contributed by atoms with Gasteiger partial charge in [0, 0.05) is 0 Å². The van der Waals surface area contributed by atoms with Crippen LogP contribution in [0.25, 0.3) is 0 Å². The van der Waals surface area contributed by atoms with Crippen molar-refractivity contribution in [2.45, 2.75) is 151 Å². The molecule has 4 heteroatoms. The third kappa shape index (κ3) is 4.58. The average molecular weight is 457 g/mol. The van der Waals surface area contributed by atoms with Crippen molar-refractivity contribution in [3.05, 3.63) is 0 Å². The van der Waals surface area contributed by atoms with Crippen molar-refractivity contribution in [2.75, 3.05) is 0 Å². The molecule has 5 fully saturated rings. The molecule has 5 aliphatic rings. The minimum atomic E-state index is 0.506. The van der Waals surface area contributed by atoms with E-state index in [1.54, 1.807) is 128 Å². The van der Waals surface area contributed by atoms with Crippen LogP contribution in [0.5, 0.6) is 0 Å². The zero-order valence-corrected chi connectivity index (χ0v) is 21.8. The van der Waals surface area contributed by atoms with Crippen molar-refractivity contribution in [2.24, 2.45) is 0 Å². The first kappa shape index (κ1) is 21.6. The van der Waals surface area contributed by atoms with Gasteiger partial charge in [0.25, 0.3) is 0 Å². The van der Waals surface area contributed by atoms with Gasteiger partial charge in [-0.1, -0.05) is 77.0 Å². The standard InChI is InChI=1S/C24H44P4/c1-5-13-21(14-6-1)25-26(22-15-7-2-8-16-22)28(24-19-11-4-12-20-24)27(25)23-17-9-3-10-18-23/h21-24H,1-20H2. The summed E-state index contributed by atoms with van der Waals surface area (Å²) in [6.45, 7) is 0. The summed E-state index contributed by atoms with van der Waals surface area (Å²) in [6, 6.07) is 0. The number of hydrogen-bond acceptors (Lipinski definition) is 0. The quantitative estimate of drug-likeness (QED) is 0.369. The highest BCUT2D eigenvalue weighted by molar-refractivity contribution is 9.09. The van der Waals surface area contributed by atoms with Gasteiger partial charge in [0.2, 0.25) is 0 Å². The maximum absolute atomic E-state index is 1.68. The van der Waals surface area contributed by atoms with Crippen molar-refractivity contribution < 1.29 is 0 Å². The third-order valence-corrected chi connectivity index (χ3v) is 46.6. The van der Waals surface area contributed by atoms with E-state index in [-0.39, 0.29) is 0 Å². The summed E-state index contributed by atoms with van der Waals surface area (Å²) >= 11 is 0. The highest BCUT2D eigenvalue weighted by Gasteiger charge is 2.59. The van der Waals surface area contributed by atoms with Crippen LogP contribution in [-0.2, 0) is 0 Å². The van der Waals surface area contributed by atoms with E-state index < -0.39 is 0 Å². The maximum Gasteiger partial charge on any atom is -0.0125 e. The first-order chi connectivity index (χ1) is 13.9. The molecule has 160 valence electrons. The van der Waals surface area contributed by atoms with Crippen molar-refractivity contribution >= 4 is 29.2 Å². The molecule has 1 heterocycles. The molecule has 28 heavy (non-hydrogen) atoms. The van der Waals surface area contributed by atoms with E-state index in [0.717, 1.165) is 0 Å². The second-order valence-electron chi connectivity index (χ2n) is 10.4. The Bertz CT molecular complexity index is 377. The molecule has 0 aromatic carbocycles. The van der Waals surface area contributed by atoms with Crippen molar-refractivity contribution in [3.63, 3.8) is 0 Å². The van der Waals surface area contributed by atoms with Crippen LogP contribution in [0.2, 0.25) is 0 Å². The lowest BCUT2D eigenvalue weighted by atomic mass is 10.0. The lowest BCUT2D eigenvalue weighted by molar-refractivity contribution is 0.504. The predicted octanol–water partition coefficient (Wildman–Crippen LogP) is 10.9. The molecule has 4 saturated carbocycles. The van der Waals surface area contributed by atoms with E-state index in [1.807, 2.05) is 0 Å². The molecule has 0 aromatic rings. The SMILES string of the molecule is C1CCC(P2P(C3CCCCC3)P(C3CCCCC3)P2C2CCCCC2)CC1. The maximum atomic E-state index is 1.68. The van der Waals surface area contributed by atoms with Gasteiger partial charge in [-0.25, -0.2) is 0 Å². The Balaban J connectivity index is 1.42. The molecule has 0 unspecified atom stereocenters. The van der Waals surface area contributed by atoms with Crippen LogP contribution < -0.4 is 0 Å². The fourth-order valence-electron chi connectivity index (χ4n) is 6.93. The van der Waals surface area contributed by atoms with Gasteiger partial charge in [0.05, 0.1) is 0 Å². The Hall–Kier alpha value is 1.72. The van der Waals surface area contributed by atoms with Gasteiger partial charge < -0.3 is 0 Å². The Kier molecular flexibility index (Phi) is 8.13. The van der Waals surface area contributed by atoms with E-state index in [4.69, 9.17) is 0 Å². The molecule has 1 saturated heterocycles. The van der Waals surface area contributed by atoms with E-state index in [9.17, 15) is 0 Å². The molecule has 0 N–H and O–H groups in total. The predicted molar refractivity (Wildman–Crippen MR) is 135 cm³/mol. The third-order valence-electron chi connectivity index (χ3n) is 8.44. The van der Waals surface area contributed by atoms with E-state index >= 15 is 0 Å². The van der Waals surface area contributed by atoms with Gasteiger partial charge >= 0.3 is 0 Å². The zero-order chi connectivity index (χ0) is 18.8. The Morgan fingerprint density at radius 2 is 0.429 bits per heavy atom. The molecular weight excluding hydrogens is 412 g/mol. The van der Waals surface area contributed by atoms with Gasteiger partial charge in [-0.15, -0.1) is 0 Å². The minimum absolute atomic E-state index is 0.506. The van der Waals surface area contributed by atoms with Gasteiger partial charge in [-0.3, -0.25) is 0 Å². The Morgan fingerprint density at radius 1 is 0.250 bits per heavy atom. The van der Waals surface area contributed by atoms with Crippen molar-refractivity contribution in [3.8, 4) is 0 Å². The first-order valence-corrected chi connectivity index (χ1v) is 21.6. The van der Waals surface area contributed by atoms with Crippen LogP contribution in [0.1, 0.15) is 128 Å². The molecule has 0 atom stereocenters. The summed E-state index contributed by atoms with van der Waals surface area (Å²) in [6.07, 6.45) is 32.5. The van der Waals surface area contributed by atoms with E-state index in [2.05, 4.69) is 0 Å². The number of hydrogen-bond donors (Lipinski definition) is 0. The van der Waals surface area contributed by atoms with Crippen molar-refractivity contribution in [1.82, 2.24) is 0 Å². The molecule has 0 amide bonds. The molecule has 5 rings (SSSR count). The smallest absolute Gasteiger partial charge is 0.0125 e. The molecule has 0 nitrogen and oxygen atoms in total. The van der Waals surface area contributed by atoms with Gasteiger partial charge in [-0.2, -0.15) is 0 Å². The zero-order valence-electron chi connectivity index (χ0n) is 18.2. The summed E-state index contributed by atoms with van der Waals surface area (Å²) in [5.74, 6) is 0. The van der Waals surface area contributed by atoms with Crippen LogP contribution in [0.3, 0.4) is 0 Å². The molecule has 0 bridgehead atoms. The fraction of sp³-hybridized carbons (Fsp3) is 1.00. The summed E-state index contributed by atoms with van der Waals surface area (Å²) in [7, 11) is 2.02. The minimum Gasteiger partial charge on any atom is -0.0533 e. The summed E-state index contributed by atoms with van der Waals surface area (Å²) < 4.78 is 0. The highest BCUT2D eigenvalue weighted by Crippen LogP contribution is 3.24. The van der Waals surface area contributed by atoms with Gasteiger partial charge in [-0.05, 0) is 103 Å².